The van der Waals surface area contributed by atoms with Crippen molar-refractivity contribution in [3.05, 3.63) is 12.2 Å². The van der Waals surface area contributed by atoms with Crippen molar-refractivity contribution < 1.29 is 14.3 Å². The minimum atomic E-state index is -0.272. The molecule has 1 amide bonds. The number of allylic oxidation sites excluding steroid dienone is 2. The number of ether oxygens (including phenoxy) is 1. The highest BCUT2D eigenvalue weighted by molar-refractivity contribution is 5.87. The Hall–Kier alpha value is -1.32. The van der Waals surface area contributed by atoms with E-state index in [0.717, 1.165) is 51.5 Å². The number of carbonyl (C=O) groups excluding carboxylic acids is 2. The van der Waals surface area contributed by atoms with Gasteiger partial charge in [-0.05, 0) is 57.3 Å². The van der Waals surface area contributed by atoms with Crippen LogP contribution in [0.25, 0.3) is 0 Å². The van der Waals surface area contributed by atoms with E-state index in [0.29, 0.717) is 12.5 Å². The summed E-state index contributed by atoms with van der Waals surface area (Å²) in [6.07, 6.45) is 17.6. The maximum Gasteiger partial charge on any atom is 0.310 e. The molecular formula is C22H33NO3. The molecule has 0 bridgehead atoms. The zero-order valence-corrected chi connectivity index (χ0v) is 15.9. The van der Waals surface area contributed by atoms with Gasteiger partial charge in [-0.2, -0.15) is 0 Å². The number of rotatable bonds is 3. The first-order valence-corrected chi connectivity index (χ1v) is 10.9. The topological polar surface area (TPSA) is 46.6 Å². The highest BCUT2D eigenvalue weighted by Crippen LogP contribution is 2.40. The number of carbonyl (C=O) groups is 2. The average Bonchev–Trinajstić information content (AvgIpc) is 2.69. The van der Waals surface area contributed by atoms with Gasteiger partial charge in [0.25, 0.3) is 0 Å². The quantitative estimate of drug-likeness (QED) is 0.559. The summed E-state index contributed by atoms with van der Waals surface area (Å²) in [5.74, 6) is -0.129. The lowest BCUT2D eigenvalue weighted by molar-refractivity contribution is -0.165. The summed E-state index contributed by atoms with van der Waals surface area (Å²) >= 11 is 0. The molecule has 0 spiro atoms. The number of piperidine rings is 1. The van der Waals surface area contributed by atoms with Crippen LogP contribution >= 0.6 is 0 Å². The van der Waals surface area contributed by atoms with Crippen LogP contribution < -0.4 is 0 Å². The summed E-state index contributed by atoms with van der Waals surface area (Å²) in [5, 5.41) is 0. The smallest absolute Gasteiger partial charge is 0.310 e. The Labute approximate surface area is 157 Å². The van der Waals surface area contributed by atoms with Gasteiger partial charge in [-0.15, -0.1) is 0 Å². The molecule has 4 aliphatic rings. The van der Waals surface area contributed by atoms with E-state index in [9.17, 15) is 9.59 Å². The third kappa shape index (κ3) is 3.70. The van der Waals surface area contributed by atoms with E-state index < -0.39 is 0 Å². The van der Waals surface area contributed by atoms with Crippen LogP contribution in [0.15, 0.2) is 12.2 Å². The Balaban J connectivity index is 1.45. The SMILES string of the molecule is O=C(OC1CCCCC1)[C@H]1CC=CC2CCN(C3CCCCC3)C(=O)C21. The number of hydrogen-bond donors (Lipinski definition) is 0. The first-order valence-electron chi connectivity index (χ1n) is 10.9. The van der Waals surface area contributed by atoms with E-state index in [2.05, 4.69) is 17.1 Å². The van der Waals surface area contributed by atoms with Gasteiger partial charge in [0.2, 0.25) is 5.91 Å². The van der Waals surface area contributed by atoms with Crippen LogP contribution in [0.5, 0.6) is 0 Å². The fourth-order valence-electron chi connectivity index (χ4n) is 5.62. The second-order valence-electron chi connectivity index (χ2n) is 8.77. The van der Waals surface area contributed by atoms with Crippen LogP contribution in [-0.4, -0.2) is 35.5 Å². The molecule has 4 rings (SSSR count). The molecule has 4 heteroatoms. The molecule has 3 atom stereocenters. The lowest BCUT2D eigenvalue weighted by Gasteiger charge is -2.45. The third-order valence-electron chi connectivity index (χ3n) is 7.09. The highest BCUT2D eigenvalue weighted by Gasteiger charge is 2.47. The van der Waals surface area contributed by atoms with Gasteiger partial charge < -0.3 is 9.64 Å². The van der Waals surface area contributed by atoms with Crippen molar-refractivity contribution in [1.29, 1.82) is 0 Å². The summed E-state index contributed by atoms with van der Waals surface area (Å²) < 4.78 is 5.87. The van der Waals surface area contributed by atoms with Crippen LogP contribution in [-0.2, 0) is 14.3 Å². The van der Waals surface area contributed by atoms with Gasteiger partial charge in [-0.25, -0.2) is 0 Å². The molecular weight excluding hydrogens is 326 g/mol. The fraction of sp³-hybridized carbons (Fsp3) is 0.818. The van der Waals surface area contributed by atoms with Crippen molar-refractivity contribution in [2.75, 3.05) is 6.54 Å². The maximum absolute atomic E-state index is 13.4. The van der Waals surface area contributed by atoms with Gasteiger partial charge in [0.1, 0.15) is 6.10 Å². The number of amides is 1. The molecule has 0 N–H and O–H groups in total. The summed E-state index contributed by atoms with van der Waals surface area (Å²) in [6, 6.07) is 0.401. The highest BCUT2D eigenvalue weighted by atomic mass is 16.5. The lowest BCUT2D eigenvalue weighted by atomic mass is 9.71. The van der Waals surface area contributed by atoms with Crippen molar-refractivity contribution in [2.24, 2.45) is 17.8 Å². The van der Waals surface area contributed by atoms with E-state index in [1.54, 1.807) is 0 Å². The molecule has 3 fully saturated rings. The summed E-state index contributed by atoms with van der Waals surface area (Å²) in [4.78, 5) is 28.4. The zero-order chi connectivity index (χ0) is 17.9. The predicted octanol–water partition coefficient (Wildman–Crippen LogP) is 4.24. The Morgan fingerprint density at radius 1 is 0.962 bits per heavy atom. The number of esters is 1. The lowest BCUT2D eigenvalue weighted by Crippen LogP contribution is -2.54. The van der Waals surface area contributed by atoms with Crippen molar-refractivity contribution in [3.8, 4) is 0 Å². The second-order valence-corrected chi connectivity index (χ2v) is 8.77. The first kappa shape index (κ1) is 18.1. The van der Waals surface area contributed by atoms with Gasteiger partial charge in [0.05, 0.1) is 11.8 Å². The fourth-order valence-corrected chi connectivity index (χ4v) is 5.62. The van der Waals surface area contributed by atoms with E-state index in [4.69, 9.17) is 4.74 Å². The minimum absolute atomic E-state index is 0.0775. The minimum Gasteiger partial charge on any atom is -0.462 e. The molecule has 1 saturated heterocycles. The normalized spacial score (nSPS) is 33.8. The molecule has 144 valence electrons. The molecule has 26 heavy (non-hydrogen) atoms. The summed E-state index contributed by atoms with van der Waals surface area (Å²) in [5.41, 5.74) is 0. The first-order chi connectivity index (χ1) is 12.7. The molecule has 1 heterocycles. The maximum atomic E-state index is 13.4. The van der Waals surface area contributed by atoms with Gasteiger partial charge in [0.15, 0.2) is 0 Å². The molecule has 4 nitrogen and oxygen atoms in total. The molecule has 2 unspecified atom stereocenters. The van der Waals surface area contributed by atoms with Gasteiger partial charge >= 0.3 is 5.97 Å². The Morgan fingerprint density at radius 3 is 2.38 bits per heavy atom. The third-order valence-corrected chi connectivity index (χ3v) is 7.09. The van der Waals surface area contributed by atoms with E-state index in [1.165, 1.54) is 25.7 Å². The zero-order valence-electron chi connectivity index (χ0n) is 15.9. The predicted molar refractivity (Wildman–Crippen MR) is 100 cm³/mol. The summed E-state index contributed by atoms with van der Waals surface area (Å²) in [6.45, 7) is 0.861. The molecule has 0 aromatic heterocycles. The Kier molecular flexibility index (Phi) is 5.66. The molecule has 0 aromatic rings. The van der Waals surface area contributed by atoms with Gasteiger partial charge in [-0.3, -0.25) is 9.59 Å². The van der Waals surface area contributed by atoms with E-state index in [1.807, 2.05) is 0 Å². The number of fused-ring (bicyclic) bond motifs is 1. The van der Waals surface area contributed by atoms with Crippen LogP contribution in [0.1, 0.15) is 77.0 Å². The number of likely N-dealkylation sites (tertiary alicyclic amines) is 1. The van der Waals surface area contributed by atoms with Gasteiger partial charge in [0, 0.05) is 12.6 Å². The number of hydrogen-bond acceptors (Lipinski definition) is 3. The second kappa shape index (κ2) is 8.14. The van der Waals surface area contributed by atoms with Crippen molar-refractivity contribution in [2.45, 2.75) is 89.2 Å². The Morgan fingerprint density at radius 2 is 1.65 bits per heavy atom. The van der Waals surface area contributed by atoms with E-state index >= 15 is 0 Å². The van der Waals surface area contributed by atoms with Crippen LogP contribution in [0, 0.1) is 17.8 Å². The molecule has 1 aliphatic heterocycles. The van der Waals surface area contributed by atoms with Crippen molar-refractivity contribution >= 4 is 11.9 Å². The number of nitrogens with zero attached hydrogens (tertiary/aromatic N) is 1. The van der Waals surface area contributed by atoms with Crippen molar-refractivity contribution in [3.63, 3.8) is 0 Å². The van der Waals surface area contributed by atoms with Crippen LogP contribution in [0.3, 0.4) is 0 Å². The van der Waals surface area contributed by atoms with Crippen molar-refractivity contribution in [1.82, 2.24) is 4.90 Å². The summed E-state index contributed by atoms with van der Waals surface area (Å²) in [7, 11) is 0. The van der Waals surface area contributed by atoms with Crippen LogP contribution in [0.4, 0.5) is 0 Å². The molecule has 0 radical (unpaired) electrons. The molecule has 0 aromatic carbocycles. The standard InChI is InChI=1S/C22H33NO3/c24-21-20-16(14-15-23(21)17-9-3-1-4-10-17)8-7-13-19(20)22(25)26-18-11-5-2-6-12-18/h7-8,16-20H,1-6,9-15H2/t16?,19-,20?/m0/s1. The van der Waals surface area contributed by atoms with E-state index in [-0.39, 0.29) is 35.7 Å². The van der Waals surface area contributed by atoms with Gasteiger partial charge in [-0.1, -0.05) is 37.8 Å². The largest absolute Gasteiger partial charge is 0.462 e. The average molecular weight is 360 g/mol. The van der Waals surface area contributed by atoms with Crippen LogP contribution in [0.2, 0.25) is 0 Å². The molecule has 2 saturated carbocycles. The Bertz CT molecular complexity index is 546. The molecule has 3 aliphatic carbocycles. The monoisotopic (exact) mass is 359 g/mol.